The molecule has 2 aromatic rings. The van der Waals surface area contributed by atoms with Gasteiger partial charge in [0.1, 0.15) is 0 Å². The van der Waals surface area contributed by atoms with E-state index >= 15 is 0 Å². The summed E-state index contributed by atoms with van der Waals surface area (Å²) in [7, 11) is 1.54. The maximum atomic E-state index is 13.0. The highest BCUT2D eigenvalue weighted by molar-refractivity contribution is 5.90. The first kappa shape index (κ1) is 15.4. The Morgan fingerprint density at radius 3 is 2.74 bits per heavy atom. The lowest BCUT2D eigenvalue weighted by atomic mass is 10.2. The largest absolute Gasteiger partial charge is 0.322 e. The van der Waals surface area contributed by atoms with Gasteiger partial charge in [0.15, 0.2) is 5.69 Å². The number of pyridine rings is 1. The van der Waals surface area contributed by atoms with Gasteiger partial charge in [0, 0.05) is 38.2 Å². The molecular formula is C15H17F2N5O. The number of hydrogen-bond acceptors (Lipinski definition) is 3. The summed E-state index contributed by atoms with van der Waals surface area (Å²) in [6, 6.07) is 3.42. The highest BCUT2D eigenvalue weighted by atomic mass is 19.3. The van der Waals surface area contributed by atoms with Crippen molar-refractivity contribution in [2.45, 2.75) is 31.9 Å². The average Bonchev–Trinajstić information content (AvgIpc) is 3.29. The Balaban J connectivity index is 1.75. The van der Waals surface area contributed by atoms with Crippen LogP contribution in [0.5, 0.6) is 0 Å². The number of amides is 2. The molecular weight excluding hydrogens is 304 g/mol. The predicted molar refractivity (Wildman–Crippen MR) is 80.0 cm³/mol. The van der Waals surface area contributed by atoms with Crippen molar-refractivity contribution in [2.75, 3.05) is 5.32 Å². The molecule has 1 aliphatic rings. The summed E-state index contributed by atoms with van der Waals surface area (Å²) >= 11 is 0. The third kappa shape index (κ3) is 3.64. The molecule has 0 unspecified atom stereocenters. The van der Waals surface area contributed by atoms with E-state index in [0.29, 0.717) is 6.54 Å². The maximum absolute atomic E-state index is 13.0. The van der Waals surface area contributed by atoms with Crippen molar-refractivity contribution in [3.63, 3.8) is 0 Å². The first-order chi connectivity index (χ1) is 11.0. The van der Waals surface area contributed by atoms with Crippen LogP contribution in [0.1, 0.15) is 30.5 Å². The van der Waals surface area contributed by atoms with Gasteiger partial charge in [0.05, 0.1) is 5.69 Å². The zero-order valence-electron chi connectivity index (χ0n) is 12.6. The number of nitrogens with one attached hydrogen (secondary N) is 1. The Kier molecular flexibility index (Phi) is 4.22. The predicted octanol–water partition coefficient (Wildman–Crippen LogP) is 2.95. The fraction of sp³-hybridized carbons (Fsp3) is 0.400. The summed E-state index contributed by atoms with van der Waals surface area (Å²) in [5.41, 5.74) is 0.579. The summed E-state index contributed by atoms with van der Waals surface area (Å²) in [4.78, 5) is 18.1. The van der Waals surface area contributed by atoms with Crippen molar-refractivity contribution in [3.8, 4) is 0 Å². The number of alkyl halides is 2. The molecule has 23 heavy (non-hydrogen) atoms. The molecule has 1 fully saturated rings. The number of nitrogens with zero attached hydrogens (tertiary/aromatic N) is 4. The van der Waals surface area contributed by atoms with Gasteiger partial charge in [-0.25, -0.2) is 13.6 Å². The number of hydrogen-bond donors (Lipinski definition) is 1. The van der Waals surface area contributed by atoms with Crippen molar-refractivity contribution < 1.29 is 13.6 Å². The Morgan fingerprint density at radius 1 is 1.43 bits per heavy atom. The van der Waals surface area contributed by atoms with Crippen molar-refractivity contribution in [1.29, 1.82) is 0 Å². The molecule has 8 heteroatoms. The van der Waals surface area contributed by atoms with Crippen LogP contribution in [-0.2, 0) is 13.6 Å². The lowest BCUT2D eigenvalue weighted by Gasteiger charge is -2.22. The smallest absolute Gasteiger partial charge is 0.317 e. The minimum Gasteiger partial charge on any atom is -0.317 e. The van der Waals surface area contributed by atoms with E-state index in [1.807, 2.05) is 12.1 Å². The van der Waals surface area contributed by atoms with E-state index in [1.165, 1.54) is 17.9 Å². The van der Waals surface area contributed by atoms with Gasteiger partial charge in [0.25, 0.3) is 6.43 Å². The third-order valence-electron chi connectivity index (χ3n) is 3.66. The molecule has 1 saturated carbocycles. The van der Waals surface area contributed by atoms with Crippen molar-refractivity contribution >= 4 is 11.7 Å². The van der Waals surface area contributed by atoms with Crippen molar-refractivity contribution in [1.82, 2.24) is 19.7 Å². The second kappa shape index (κ2) is 6.31. The van der Waals surface area contributed by atoms with E-state index in [2.05, 4.69) is 15.4 Å². The van der Waals surface area contributed by atoms with Gasteiger partial charge in [-0.05, 0) is 30.5 Å². The zero-order chi connectivity index (χ0) is 16.4. The summed E-state index contributed by atoms with van der Waals surface area (Å²) < 4.78 is 27.2. The van der Waals surface area contributed by atoms with Crippen LogP contribution in [0, 0.1) is 0 Å². The SMILES string of the molecule is Cn1cc(NC(=O)N(Cc2ccncc2)C2CC2)c(C(F)F)n1. The van der Waals surface area contributed by atoms with Gasteiger partial charge in [-0.1, -0.05) is 0 Å². The van der Waals surface area contributed by atoms with Crippen molar-refractivity contribution in [2.24, 2.45) is 7.05 Å². The number of halogens is 2. The van der Waals surface area contributed by atoms with Crippen LogP contribution in [0.15, 0.2) is 30.7 Å². The van der Waals surface area contributed by atoms with Gasteiger partial charge in [-0.15, -0.1) is 0 Å². The number of urea groups is 1. The van der Waals surface area contributed by atoms with Crippen molar-refractivity contribution in [3.05, 3.63) is 42.0 Å². The van der Waals surface area contributed by atoms with Crippen LogP contribution >= 0.6 is 0 Å². The first-order valence-corrected chi connectivity index (χ1v) is 7.33. The molecule has 0 spiro atoms. The number of carbonyl (C=O) groups excluding carboxylic acids is 1. The number of anilines is 1. The molecule has 1 aliphatic carbocycles. The summed E-state index contributed by atoms with van der Waals surface area (Å²) in [5.74, 6) is 0. The number of aryl methyl sites for hydroxylation is 1. The Labute approximate surface area is 132 Å². The first-order valence-electron chi connectivity index (χ1n) is 7.33. The zero-order valence-corrected chi connectivity index (χ0v) is 12.6. The number of carbonyl (C=O) groups is 1. The lowest BCUT2D eigenvalue weighted by molar-refractivity contribution is 0.146. The molecule has 2 heterocycles. The molecule has 0 saturated heterocycles. The minimum absolute atomic E-state index is 0.0490. The molecule has 0 bridgehead atoms. The monoisotopic (exact) mass is 321 g/mol. The highest BCUT2D eigenvalue weighted by Crippen LogP contribution is 2.30. The van der Waals surface area contributed by atoms with E-state index in [9.17, 15) is 13.6 Å². The van der Waals surface area contributed by atoms with Crippen LogP contribution in [0.2, 0.25) is 0 Å². The van der Waals surface area contributed by atoms with Gasteiger partial charge < -0.3 is 10.2 Å². The molecule has 122 valence electrons. The summed E-state index contributed by atoms with van der Waals surface area (Å²) in [6.07, 6.45) is 3.82. The van der Waals surface area contributed by atoms with Crippen LogP contribution in [-0.4, -0.2) is 31.7 Å². The second-order valence-corrected chi connectivity index (χ2v) is 5.55. The summed E-state index contributed by atoms with van der Waals surface area (Å²) in [6.45, 7) is 0.420. The van der Waals surface area contributed by atoms with E-state index in [-0.39, 0.29) is 17.8 Å². The molecule has 0 aromatic carbocycles. The van der Waals surface area contributed by atoms with Crippen LogP contribution in [0.3, 0.4) is 0 Å². The summed E-state index contributed by atoms with van der Waals surface area (Å²) in [5, 5.41) is 6.25. The van der Waals surface area contributed by atoms with E-state index in [0.717, 1.165) is 18.4 Å². The van der Waals surface area contributed by atoms with Gasteiger partial charge in [-0.3, -0.25) is 9.67 Å². The minimum atomic E-state index is -2.74. The molecule has 1 N–H and O–H groups in total. The Morgan fingerprint density at radius 2 is 2.13 bits per heavy atom. The van der Waals surface area contributed by atoms with Gasteiger partial charge >= 0.3 is 6.03 Å². The molecule has 3 rings (SSSR count). The average molecular weight is 321 g/mol. The van der Waals surface area contributed by atoms with Gasteiger partial charge in [0.2, 0.25) is 0 Å². The van der Waals surface area contributed by atoms with Crippen LogP contribution in [0.4, 0.5) is 19.3 Å². The second-order valence-electron chi connectivity index (χ2n) is 5.55. The van der Waals surface area contributed by atoms with E-state index in [4.69, 9.17) is 0 Å². The molecule has 0 aliphatic heterocycles. The van der Waals surface area contributed by atoms with Crippen LogP contribution in [0.25, 0.3) is 0 Å². The maximum Gasteiger partial charge on any atom is 0.322 e. The lowest BCUT2D eigenvalue weighted by Crippen LogP contribution is -2.36. The Hall–Kier alpha value is -2.51. The molecule has 2 amide bonds. The number of aromatic nitrogens is 3. The van der Waals surface area contributed by atoms with E-state index in [1.54, 1.807) is 17.3 Å². The molecule has 0 atom stereocenters. The van der Waals surface area contributed by atoms with Gasteiger partial charge in [-0.2, -0.15) is 5.10 Å². The fourth-order valence-electron chi connectivity index (χ4n) is 2.39. The van der Waals surface area contributed by atoms with Crippen LogP contribution < -0.4 is 5.32 Å². The quantitative estimate of drug-likeness (QED) is 0.921. The Bertz CT molecular complexity index is 684. The fourth-order valence-corrected chi connectivity index (χ4v) is 2.39. The molecule has 2 aromatic heterocycles. The standard InChI is InChI=1S/C15H17F2N5O/c1-21-9-12(13(20-21)14(16)17)19-15(23)22(11-2-3-11)8-10-4-6-18-7-5-10/h4-7,9,11,14H,2-3,8H2,1H3,(H,19,23). The number of rotatable bonds is 5. The normalized spacial score (nSPS) is 14.1. The molecule has 0 radical (unpaired) electrons. The molecule has 6 nitrogen and oxygen atoms in total. The van der Waals surface area contributed by atoms with E-state index < -0.39 is 12.1 Å². The topological polar surface area (TPSA) is 63.1 Å². The third-order valence-corrected chi connectivity index (χ3v) is 3.66. The highest BCUT2D eigenvalue weighted by Gasteiger charge is 2.33.